The maximum absolute atomic E-state index is 10.9. The summed E-state index contributed by atoms with van der Waals surface area (Å²) < 4.78 is 1.77. The lowest BCUT2D eigenvalue weighted by Gasteiger charge is -2.04. The van der Waals surface area contributed by atoms with Gasteiger partial charge in [-0.3, -0.25) is 15.1 Å². The quantitative estimate of drug-likeness (QED) is 0.545. The highest BCUT2D eigenvalue weighted by molar-refractivity contribution is 5.63. The topological polar surface area (TPSA) is 86.7 Å². The molecule has 0 radical (unpaired) electrons. The molecule has 0 spiro atoms. The summed E-state index contributed by atoms with van der Waals surface area (Å²) in [5, 5.41) is 15.4. The summed E-state index contributed by atoms with van der Waals surface area (Å²) in [4.78, 5) is 19.4. The van der Waals surface area contributed by atoms with Crippen LogP contribution in [0.1, 0.15) is 12.5 Å². The average molecular weight is 309 g/mol. The molecule has 116 valence electrons. The molecule has 0 unspecified atom stereocenters. The van der Waals surface area contributed by atoms with Gasteiger partial charge in [-0.25, -0.2) is 9.67 Å². The van der Waals surface area contributed by atoms with Gasteiger partial charge in [-0.1, -0.05) is 6.07 Å². The fourth-order valence-corrected chi connectivity index (χ4v) is 2.38. The summed E-state index contributed by atoms with van der Waals surface area (Å²) in [5.41, 5.74) is 2.18. The van der Waals surface area contributed by atoms with Crippen LogP contribution in [0.3, 0.4) is 0 Å². The van der Waals surface area contributed by atoms with Gasteiger partial charge in [-0.2, -0.15) is 0 Å². The maximum atomic E-state index is 10.9. The van der Waals surface area contributed by atoms with E-state index in [1.165, 1.54) is 6.07 Å². The van der Waals surface area contributed by atoms with E-state index in [2.05, 4.69) is 15.1 Å². The van der Waals surface area contributed by atoms with Crippen molar-refractivity contribution in [3.8, 4) is 22.9 Å². The zero-order valence-electron chi connectivity index (χ0n) is 12.8. The minimum atomic E-state index is -0.386. The number of rotatable bonds is 4. The Morgan fingerprint density at radius 1 is 1.26 bits per heavy atom. The Hall–Kier alpha value is -3.09. The molecule has 0 aliphatic heterocycles. The summed E-state index contributed by atoms with van der Waals surface area (Å²) in [6.45, 7) is 4.33. The van der Waals surface area contributed by atoms with Gasteiger partial charge in [0.25, 0.3) is 5.69 Å². The molecule has 23 heavy (non-hydrogen) atoms. The van der Waals surface area contributed by atoms with Crippen LogP contribution >= 0.6 is 0 Å². The highest BCUT2D eigenvalue weighted by Gasteiger charge is 2.16. The SMILES string of the molecule is CCn1nc(-c2ccccn2)nc1-c1ccc([N+](=O)[O-])c(C)c1. The van der Waals surface area contributed by atoms with Gasteiger partial charge in [0.2, 0.25) is 0 Å². The van der Waals surface area contributed by atoms with Crippen LogP contribution in [0.4, 0.5) is 5.69 Å². The van der Waals surface area contributed by atoms with Crippen molar-refractivity contribution in [1.29, 1.82) is 0 Å². The minimum Gasteiger partial charge on any atom is -0.258 e. The third-order valence-corrected chi connectivity index (χ3v) is 3.52. The molecule has 0 aliphatic rings. The molecule has 0 saturated heterocycles. The van der Waals surface area contributed by atoms with Crippen molar-refractivity contribution in [3.63, 3.8) is 0 Å². The summed E-state index contributed by atoms with van der Waals surface area (Å²) in [7, 11) is 0. The minimum absolute atomic E-state index is 0.0984. The Bertz CT molecular complexity index is 858. The normalized spacial score (nSPS) is 10.7. The fourth-order valence-electron chi connectivity index (χ4n) is 2.38. The highest BCUT2D eigenvalue weighted by Crippen LogP contribution is 2.26. The molecular weight excluding hydrogens is 294 g/mol. The van der Waals surface area contributed by atoms with E-state index in [0.29, 0.717) is 29.5 Å². The molecule has 0 saturated carbocycles. The number of hydrogen-bond donors (Lipinski definition) is 0. The van der Waals surface area contributed by atoms with E-state index in [1.54, 1.807) is 29.9 Å². The van der Waals surface area contributed by atoms with Gasteiger partial charge in [0.05, 0.1) is 4.92 Å². The lowest BCUT2D eigenvalue weighted by atomic mass is 10.1. The van der Waals surface area contributed by atoms with Crippen molar-refractivity contribution in [1.82, 2.24) is 19.7 Å². The number of nitro groups is 1. The van der Waals surface area contributed by atoms with E-state index in [-0.39, 0.29) is 10.6 Å². The zero-order valence-corrected chi connectivity index (χ0v) is 12.8. The Labute approximate surface area is 132 Å². The van der Waals surface area contributed by atoms with Crippen LogP contribution < -0.4 is 0 Å². The van der Waals surface area contributed by atoms with Crippen LogP contribution in [0.15, 0.2) is 42.6 Å². The molecule has 2 aromatic heterocycles. The van der Waals surface area contributed by atoms with Crippen molar-refractivity contribution in [2.45, 2.75) is 20.4 Å². The molecule has 2 heterocycles. The molecule has 7 nitrogen and oxygen atoms in total. The van der Waals surface area contributed by atoms with Gasteiger partial charge < -0.3 is 0 Å². The van der Waals surface area contributed by atoms with Crippen LogP contribution in [0.25, 0.3) is 22.9 Å². The first-order valence-corrected chi connectivity index (χ1v) is 7.22. The van der Waals surface area contributed by atoms with Crippen LogP contribution in [0, 0.1) is 17.0 Å². The largest absolute Gasteiger partial charge is 0.272 e. The van der Waals surface area contributed by atoms with E-state index in [1.807, 2.05) is 25.1 Å². The van der Waals surface area contributed by atoms with Crippen molar-refractivity contribution in [2.24, 2.45) is 0 Å². The van der Waals surface area contributed by atoms with Crippen LogP contribution in [-0.4, -0.2) is 24.7 Å². The van der Waals surface area contributed by atoms with Crippen molar-refractivity contribution < 1.29 is 4.92 Å². The van der Waals surface area contributed by atoms with Gasteiger partial charge >= 0.3 is 0 Å². The first-order chi connectivity index (χ1) is 11.1. The molecule has 0 aliphatic carbocycles. The number of hydrogen-bond acceptors (Lipinski definition) is 5. The summed E-state index contributed by atoms with van der Waals surface area (Å²) in [5.74, 6) is 1.21. The van der Waals surface area contributed by atoms with Crippen molar-refractivity contribution in [3.05, 3.63) is 58.3 Å². The monoisotopic (exact) mass is 309 g/mol. The Balaban J connectivity index is 2.08. The molecule has 0 atom stereocenters. The summed E-state index contributed by atoms with van der Waals surface area (Å²) in [6, 6.07) is 10.5. The fraction of sp³-hybridized carbons (Fsp3) is 0.188. The number of aromatic nitrogens is 4. The Morgan fingerprint density at radius 2 is 2.09 bits per heavy atom. The molecule has 7 heteroatoms. The zero-order chi connectivity index (χ0) is 16.4. The molecular formula is C16H15N5O2. The predicted octanol–water partition coefficient (Wildman–Crippen LogP) is 3.24. The van der Waals surface area contributed by atoms with Gasteiger partial charge in [-0.15, -0.1) is 5.10 Å². The molecule has 3 rings (SSSR count). The second-order valence-corrected chi connectivity index (χ2v) is 5.05. The third kappa shape index (κ3) is 2.80. The first kappa shape index (κ1) is 14.8. The van der Waals surface area contributed by atoms with E-state index < -0.39 is 0 Å². The lowest BCUT2D eigenvalue weighted by Crippen LogP contribution is -2.00. The van der Waals surface area contributed by atoms with Crippen LogP contribution in [0.5, 0.6) is 0 Å². The molecule has 0 amide bonds. The highest BCUT2D eigenvalue weighted by atomic mass is 16.6. The first-order valence-electron chi connectivity index (χ1n) is 7.22. The average Bonchev–Trinajstić information content (AvgIpc) is 2.99. The predicted molar refractivity (Wildman–Crippen MR) is 85.8 cm³/mol. The number of nitro benzene ring substituents is 1. The molecule has 0 N–H and O–H groups in total. The van der Waals surface area contributed by atoms with Gasteiger partial charge in [0.15, 0.2) is 11.6 Å². The van der Waals surface area contributed by atoms with Crippen LogP contribution in [0.2, 0.25) is 0 Å². The van der Waals surface area contributed by atoms with Crippen molar-refractivity contribution >= 4 is 5.69 Å². The van der Waals surface area contributed by atoms with Crippen molar-refractivity contribution in [2.75, 3.05) is 0 Å². The van der Waals surface area contributed by atoms with Gasteiger partial charge in [-0.05, 0) is 38.1 Å². The van der Waals surface area contributed by atoms with E-state index in [9.17, 15) is 10.1 Å². The second kappa shape index (κ2) is 5.96. The van der Waals surface area contributed by atoms with E-state index in [0.717, 1.165) is 5.56 Å². The smallest absolute Gasteiger partial charge is 0.258 e. The Morgan fingerprint density at radius 3 is 2.70 bits per heavy atom. The maximum Gasteiger partial charge on any atom is 0.272 e. The number of pyridine rings is 1. The summed E-state index contributed by atoms with van der Waals surface area (Å²) >= 11 is 0. The van der Waals surface area contributed by atoms with E-state index in [4.69, 9.17) is 0 Å². The molecule has 3 aromatic rings. The number of aryl methyl sites for hydroxylation is 2. The van der Waals surface area contributed by atoms with Crippen LogP contribution in [-0.2, 0) is 6.54 Å². The Kier molecular flexibility index (Phi) is 3.84. The van der Waals surface area contributed by atoms with Gasteiger partial charge in [0.1, 0.15) is 5.69 Å². The number of nitrogens with zero attached hydrogens (tertiary/aromatic N) is 5. The second-order valence-electron chi connectivity index (χ2n) is 5.05. The molecule has 0 fully saturated rings. The van der Waals surface area contributed by atoms with Gasteiger partial charge in [0, 0.05) is 29.9 Å². The lowest BCUT2D eigenvalue weighted by molar-refractivity contribution is -0.385. The third-order valence-electron chi connectivity index (χ3n) is 3.52. The summed E-state index contributed by atoms with van der Waals surface area (Å²) in [6.07, 6.45) is 1.69. The standard InChI is InChI=1S/C16H15N5O2/c1-3-20-16(12-7-8-14(21(22)23)11(2)10-12)18-15(19-20)13-6-4-5-9-17-13/h4-10H,3H2,1-2H3. The molecule has 0 bridgehead atoms. The number of benzene rings is 1. The molecule has 1 aromatic carbocycles. The van der Waals surface area contributed by atoms with E-state index >= 15 is 0 Å².